The van der Waals surface area contributed by atoms with Crippen LogP contribution in [0.2, 0.25) is 5.22 Å². The van der Waals surface area contributed by atoms with Gasteiger partial charge in [-0.15, -0.1) is 0 Å². The number of hydrogen-bond acceptors (Lipinski definition) is 3. The lowest BCUT2D eigenvalue weighted by molar-refractivity contribution is -0.137. The maximum atomic E-state index is 12.0. The molecule has 6 heteroatoms. The molecule has 0 atom stereocenters. The van der Waals surface area contributed by atoms with E-state index in [9.17, 15) is 9.59 Å². The highest BCUT2D eigenvalue weighted by Crippen LogP contribution is 2.29. The van der Waals surface area contributed by atoms with Crippen LogP contribution in [0.1, 0.15) is 23.2 Å². The first-order valence-corrected chi connectivity index (χ1v) is 5.23. The van der Waals surface area contributed by atoms with E-state index in [0.29, 0.717) is 0 Å². The largest absolute Gasteiger partial charge is 0.480 e. The lowest BCUT2D eigenvalue weighted by atomic mass is 10.3. The van der Waals surface area contributed by atoms with Gasteiger partial charge in [0.25, 0.3) is 5.91 Å². The third-order valence-corrected chi connectivity index (χ3v) is 2.70. The smallest absolute Gasteiger partial charge is 0.323 e. The Labute approximate surface area is 96.6 Å². The Morgan fingerprint density at radius 3 is 2.69 bits per heavy atom. The van der Waals surface area contributed by atoms with Crippen molar-refractivity contribution in [2.24, 2.45) is 0 Å². The number of nitrogens with zero attached hydrogens (tertiary/aromatic N) is 1. The molecule has 0 radical (unpaired) electrons. The summed E-state index contributed by atoms with van der Waals surface area (Å²) in [5.74, 6) is -1.41. The quantitative estimate of drug-likeness (QED) is 0.872. The van der Waals surface area contributed by atoms with E-state index in [-0.39, 0.29) is 29.3 Å². The van der Waals surface area contributed by atoms with Gasteiger partial charge in [-0.1, -0.05) is 0 Å². The van der Waals surface area contributed by atoms with Crippen molar-refractivity contribution in [1.82, 2.24) is 4.90 Å². The molecule has 16 heavy (non-hydrogen) atoms. The van der Waals surface area contributed by atoms with Crippen LogP contribution in [0.4, 0.5) is 0 Å². The normalized spacial score (nSPS) is 14.8. The van der Waals surface area contributed by atoms with Gasteiger partial charge in [-0.25, -0.2) is 0 Å². The Hall–Kier alpha value is -1.49. The van der Waals surface area contributed by atoms with E-state index in [4.69, 9.17) is 21.1 Å². The number of furan rings is 1. The van der Waals surface area contributed by atoms with Gasteiger partial charge in [-0.05, 0) is 30.5 Å². The van der Waals surface area contributed by atoms with E-state index in [1.165, 1.54) is 17.2 Å². The third-order valence-electron chi connectivity index (χ3n) is 2.40. The zero-order chi connectivity index (χ0) is 11.7. The van der Waals surface area contributed by atoms with Gasteiger partial charge in [0.05, 0.1) is 11.8 Å². The van der Waals surface area contributed by atoms with Crippen molar-refractivity contribution in [2.45, 2.75) is 18.9 Å². The van der Waals surface area contributed by atoms with Gasteiger partial charge in [-0.3, -0.25) is 9.59 Å². The Bertz CT molecular complexity index is 424. The van der Waals surface area contributed by atoms with Gasteiger partial charge in [0.2, 0.25) is 5.22 Å². The fourth-order valence-electron chi connectivity index (χ4n) is 1.50. The molecule has 0 unspecified atom stereocenters. The summed E-state index contributed by atoms with van der Waals surface area (Å²) in [5, 5.41) is 8.73. The van der Waals surface area contributed by atoms with Crippen LogP contribution < -0.4 is 0 Å². The summed E-state index contributed by atoms with van der Waals surface area (Å²) >= 11 is 5.68. The fourth-order valence-corrected chi connectivity index (χ4v) is 1.69. The fraction of sp³-hybridized carbons (Fsp3) is 0.400. The average molecular weight is 244 g/mol. The molecule has 0 aromatic carbocycles. The SMILES string of the molecule is O=C(O)CN(C(=O)c1ccoc1Cl)C1CC1. The number of halogens is 1. The molecule has 1 amide bonds. The molecule has 1 heterocycles. The Balaban J connectivity index is 2.17. The minimum absolute atomic E-state index is 0.000962. The van der Waals surface area contributed by atoms with Gasteiger partial charge >= 0.3 is 5.97 Å². The average Bonchev–Trinajstić information content (AvgIpc) is 2.97. The predicted octanol–water partition coefficient (Wildman–Crippen LogP) is 1.62. The standard InChI is InChI=1S/C10H10ClNO4/c11-9-7(3-4-16-9)10(15)12(5-8(13)14)6-1-2-6/h3-4,6H,1-2,5H2,(H,13,14). The molecule has 86 valence electrons. The summed E-state index contributed by atoms with van der Waals surface area (Å²) in [6, 6.07) is 1.47. The summed E-state index contributed by atoms with van der Waals surface area (Å²) in [5.41, 5.74) is 0.217. The molecule has 5 nitrogen and oxygen atoms in total. The molecule has 1 aliphatic carbocycles. The molecule has 0 bridgehead atoms. The topological polar surface area (TPSA) is 70.8 Å². The van der Waals surface area contributed by atoms with Crippen LogP contribution in [0.3, 0.4) is 0 Å². The van der Waals surface area contributed by atoms with Crippen LogP contribution in [0.5, 0.6) is 0 Å². The van der Waals surface area contributed by atoms with Gasteiger partial charge < -0.3 is 14.4 Å². The second-order valence-electron chi connectivity index (χ2n) is 3.67. The molecule has 0 spiro atoms. The summed E-state index contributed by atoms with van der Waals surface area (Å²) in [7, 11) is 0. The number of rotatable bonds is 4. The summed E-state index contributed by atoms with van der Waals surface area (Å²) in [6.45, 7) is -0.301. The number of carboxylic acids is 1. The highest BCUT2D eigenvalue weighted by molar-refractivity contribution is 6.32. The van der Waals surface area contributed by atoms with Crippen LogP contribution in [-0.4, -0.2) is 34.5 Å². The second kappa shape index (κ2) is 4.17. The number of carbonyl (C=O) groups excluding carboxylic acids is 1. The summed E-state index contributed by atoms with van der Waals surface area (Å²) in [4.78, 5) is 23.9. The Morgan fingerprint density at radius 1 is 1.56 bits per heavy atom. The first-order chi connectivity index (χ1) is 7.59. The zero-order valence-electron chi connectivity index (χ0n) is 8.35. The Kier molecular flexibility index (Phi) is 2.87. The van der Waals surface area contributed by atoms with Crippen molar-refractivity contribution in [3.63, 3.8) is 0 Å². The minimum Gasteiger partial charge on any atom is -0.480 e. The molecule has 1 aromatic rings. The van der Waals surface area contributed by atoms with Crippen molar-refractivity contribution in [1.29, 1.82) is 0 Å². The van der Waals surface area contributed by atoms with Crippen molar-refractivity contribution in [3.05, 3.63) is 23.1 Å². The van der Waals surface area contributed by atoms with Crippen LogP contribution >= 0.6 is 11.6 Å². The minimum atomic E-state index is -1.03. The molecular weight excluding hydrogens is 234 g/mol. The van der Waals surface area contributed by atoms with Gasteiger partial charge in [-0.2, -0.15) is 0 Å². The number of carboxylic acid groups (broad SMARTS) is 1. The van der Waals surface area contributed by atoms with E-state index in [0.717, 1.165) is 12.8 Å². The van der Waals surface area contributed by atoms with Crippen molar-refractivity contribution >= 4 is 23.5 Å². The summed E-state index contributed by atoms with van der Waals surface area (Å²) < 4.78 is 4.81. The monoisotopic (exact) mass is 243 g/mol. The zero-order valence-corrected chi connectivity index (χ0v) is 9.11. The number of hydrogen-bond donors (Lipinski definition) is 1. The van der Waals surface area contributed by atoms with Crippen molar-refractivity contribution < 1.29 is 19.1 Å². The number of aliphatic carboxylic acids is 1. The lowest BCUT2D eigenvalue weighted by Crippen LogP contribution is -2.37. The predicted molar refractivity (Wildman–Crippen MR) is 55.4 cm³/mol. The van der Waals surface area contributed by atoms with Gasteiger partial charge in [0, 0.05) is 6.04 Å². The molecule has 1 saturated carbocycles. The van der Waals surface area contributed by atoms with E-state index in [2.05, 4.69) is 0 Å². The van der Waals surface area contributed by atoms with Crippen LogP contribution in [0.25, 0.3) is 0 Å². The first-order valence-electron chi connectivity index (χ1n) is 4.85. The van der Waals surface area contributed by atoms with E-state index < -0.39 is 5.97 Å². The second-order valence-corrected chi connectivity index (χ2v) is 4.01. The molecule has 2 rings (SSSR count). The van der Waals surface area contributed by atoms with Crippen LogP contribution in [0, 0.1) is 0 Å². The van der Waals surface area contributed by atoms with Gasteiger partial charge in [0.1, 0.15) is 6.54 Å². The third kappa shape index (κ3) is 2.19. The van der Waals surface area contributed by atoms with Crippen LogP contribution in [0.15, 0.2) is 16.7 Å². The molecule has 1 aromatic heterocycles. The molecule has 0 aliphatic heterocycles. The lowest BCUT2D eigenvalue weighted by Gasteiger charge is -2.19. The van der Waals surface area contributed by atoms with E-state index in [1.807, 2.05) is 0 Å². The molecule has 1 fully saturated rings. The molecule has 0 saturated heterocycles. The van der Waals surface area contributed by atoms with Crippen molar-refractivity contribution in [2.75, 3.05) is 6.54 Å². The molecular formula is C10H10ClNO4. The summed E-state index contributed by atoms with van der Waals surface area (Å²) in [6.07, 6.45) is 2.99. The van der Waals surface area contributed by atoms with Gasteiger partial charge in [0.15, 0.2) is 0 Å². The highest BCUT2D eigenvalue weighted by Gasteiger charge is 2.35. The molecule has 1 aliphatic rings. The van der Waals surface area contributed by atoms with Crippen molar-refractivity contribution in [3.8, 4) is 0 Å². The number of carbonyl (C=O) groups is 2. The van der Waals surface area contributed by atoms with Crippen LogP contribution in [-0.2, 0) is 4.79 Å². The maximum absolute atomic E-state index is 12.0. The highest BCUT2D eigenvalue weighted by atomic mass is 35.5. The first kappa shape index (κ1) is 11.0. The maximum Gasteiger partial charge on any atom is 0.323 e. The number of amides is 1. The van der Waals surface area contributed by atoms with E-state index in [1.54, 1.807) is 0 Å². The Morgan fingerprint density at radius 2 is 2.25 bits per heavy atom. The van der Waals surface area contributed by atoms with E-state index >= 15 is 0 Å². The molecule has 1 N–H and O–H groups in total.